The molecule has 0 spiro atoms. The third-order valence-corrected chi connectivity index (χ3v) is 4.94. The minimum atomic E-state index is -0.196. The van der Waals surface area contributed by atoms with Crippen LogP contribution < -0.4 is 4.74 Å². The first kappa shape index (κ1) is 18.3. The van der Waals surface area contributed by atoms with E-state index in [9.17, 15) is 9.59 Å². The maximum Gasteiger partial charge on any atom is 0.293 e. The lowest BCUT2D eigenvalue weighted by Gasteiger charge is -2.10. The van der Waals surface area contributed by atoms with Gasteiger partial charge in [0.05, 0.1) is 4.91 Å². The molecule has 0 unspecified atom stereocenters. The molecule has 0 radical (unpaired) electrons. The number of carbonyl (C=O) groups is 2. The van der Waals surface area contributed by atoms with Gasteiger partial charge in [0.25, 0.3) is 11.1 Å². The van der Waals surface area contributed by atoms with Gasteiger partial charge in [-0.1, -0.05) is 55.8 Å². The van der Waals surface area contributed by atoms with Crippen molar-refractivity contribution in [3.63, 3.8) is 0 Å². The Kier molecular flexibility index (Phi) is 6.12. The minimum Gasteiger partial charge on any atom is -0.489 e. The summed E-state index contributed by atoms with van der Waals surface area (Å²) in [4.78, 5) is 26.1. The second-order valence-electron chi connectivity index (χ2n) is 6.03. The van der Waals surface area contributed by atoms with Crippen LogP contribution in [0, 0.1) is 0 Å². The van der Waals surface area contributed by atoms with E-state index in [1.807, 2.05) is 61.5 Å². The highest BCUT2D eigenvalue weighted by Gasteiger charge is 2.34. The number of imide groups is 1. The van der Waals surface area contributed by atoms with Crippen LogP contribution >= 0.6 is 11.8 Å². The summed E-state index contributed by atoms with van der Waals surface area (Å²) < 4.78 is 5.76. The number of hydrogen-bond donors (Lipinski definition) is 0. The van der Waals surface area contributed by atoms with Crippen molar-refractivity contribution >= 4 is 29.0 Å². The molecule has 4 nitrogen and oxygen atoms in total. The van der Waals surface area contributed by atoms with Crippen LogP contribution in [-0.4, -0.2) is 22.6 Å². The molecule has 1 aliphatic rings. The van der Waals surface area contributed by atoms with Gasteiger partial charge < -0.3 is 4.74 Å². The van der Waals surface area contributed by atoms with Gasteiger partial charge in [-0.05, 0) is 47.5 Å². The molecular formula is C21H21NO3S. The third kappa shape index (κ3) is 4.55. The molecule has 0 saturated carbocycles. The van der Waals surface area contributed by atoms with E-state index in [2.05, 4.69) is 0 Å². The van der Waals surface area contributed by atoms with E-state index in [0.29, 0.717) is 18.1 Å². The lowest BCUT2D eigenvalue weighted by atomic mass is 10.2. The van der Waals surface area contributed by atoms with Crippen LogP contribution in [0.15, 0.2) is 59.5 Å². The molecule has 0 N–H and O–H groups in total. The molecule has 0 atom stereocenters. The number of thioether (sulfide) groups is 1. The predicted molar refractivity (Wildman–Crippen MR) is 105 cm³/mol. The number of benzene rings is 2. The third-order valence-electron chi connectivity index (χ3n) is 4.04. The van der Waals surface area contributed by atoms with E-state index in [1.54, 1.807) is 6.08 Å². The number of amides is 2. The summed E-state index contributed by atoms with van der Waals surface area (Å²) in [5, 5.41) is -0.183. The van der Waals surface area contributed by atoms with Gasteiger partial charge in [-0.3, -0.25) is 14.5 Å². The number of nitrogens with zero attached hydrogens (tertiary/aromatic N) is 1. The van der Waals surface area contributed by atoms with Crippen molar-refractivity contribution in [1.29, 1.82) is 0 Å². The number of unbranched alkanes of at least 4 members (excludes halogenated alkanes) is 1. The van der Waals surface area contributed by atoms with Gasteiger partial charge >= 0.3 is 0 Å². The van der Waals surface area contributed by atoms with Crippen molar-refractivity contribution in [1.82, 2.24) is 4.90 Å². The Morgan fingerprint density at radius 1 is 1.04 bits per heavy atom. The molecule has 26 heavy (non-hydrogen) atoms. The van der Waals surface area contributed by atoms with E-state index in [0.717, 1.165) is 41.5 Å². The summed E-state index contributed by atoms with van der Waals surface area (Å²) >= 11 is 1.01. The van der Waals surface area contributed by atoms with Crippen LogP contribution in [-0.2, 0) is 11.4 Å². The molecule has 2 aromatic carbocycles. The lowest BCUT2D eigenvalue weighted by Crippen LogP contribution is -2.29. The fourth-order valence-corrected chi connectivity index (χ4v) is 3.43. The number of rotatable bonds is 7. The quantitative estimate of drug-likeness (QED) is 0.639. The summed E-state index contributed by atoms with van der Waals surface area (Å²) in [7, 11) is 0. The van der Waals surface area contributed by atoms with Crippen molar-refractivity contribution in [2.24, 2.45) is 0 Å². The summed E-state index contributed by atoms with van der Waals surface area (Å²) in [6.07, 6.45) is 3.54. The van der Waals surface area contributed by atoms with Crippen LogP contribution in [0.5, 0.6) is 5.75 Å². The largest absolute Gasteiger partial charge is 0.489 e. The molecule has 3 rings (SSSR count). The van der Waals surface area contributed by atoms with Gasteiger partial charge in [-0.15, -0.1) is 0 Å². The van der Waals surface area contributed by atoms with Crippen LogP contribution in [0.1, 0.15) is 30.9 Å². The summed E-state index contributed by atoms with van der Waals surface area (Å²) in [5.41, 5.74) is 1.98. The van der Waals surface area contributed by atoms with Gasteiger partial charge in [-0.25, -0.2) is 0 Å². The van der Waals surface area contributed by atoms with Gasteiger partial charge in [0, 0.05) is 6.54 Å². The van der Waals surface area contributed by atoms with Crippen LogP contribution in [0.4, 0.5) is 4.79 Å². The van der Waals surface area contributed by atoms with E-state index in [-0.39, 0.29) is 11.1 Å². The molecule has 0 aliphatic carbocycles. The average Bonchev–Trinajstić information content (AvgIpc) is 2.93. The maximum atomic E-state index is 12.3. The van der Waals surface area contributed by atoms with Gasteiger partial charge in [0.2, 0.25) is 0 Å². The second-order valence-corrected chi connectivity index (χ2v) is 7.02. The highest BCUT2D eigenvalue weighted by molar-refractivity contribution is 8.18. The highest BCUT2D eigenvalue weighted by Crippen LogP contribution is 2.32. The summed E-state index contributed by atoms with van der Waals surface area (Å²) in [6.45, 7) is 3.04. The van der Waals surface area contributed by atoms with Crippen LogP contribution in [0.3, 0.4) is 0 Å². The fraction of sp³-hybridized carbons (Fsp3) is 0.238. The zero-order valence-electron chi connectivity index (χ0n) is 14.7. The molecule has 0 bridgehead atoms. The Morgan fingerprint density at radius 2 is 1.77 bits per heavy atom. The normalized spacial score (nSPS) is 15.7. The molecule has 2 aromatic rings. The standard InChI is InChI=1S/C21H21NO3S/c1-2-3-13-22-20(23)19(26-21(22)24)14-16-9-11-18(12-10-16)25-15-17-7-5-4-6-8-17/h4-12,14H,2-3,13,15H2,1H3/b19-14-. The Hall–Kier alpha value is -2.53. The Labute approximate surface area is 157 Å². The molecular weight excluding hydrogens is 346 g/mol. The topological polar surface area (TPSA) is 46.6 Å². The first-order valence-corrected chi connectivity index (χ1v) is 9.51. The maximum absolute atomic E-state index is 12.3. The van der Waals surface area contributed by atoms with Crippen molar-refractivity contribution in [2.45, 2.75) is 26.4 Å². The van der Waals surface area contributed by atoms with Crippen LogP contribution in [0.2, 0.25) is 0 Å². The first-order chi connectivity index (χ1) is 12.7. The van der Waals surface area contributed by atoms with Gasteiger partial charge in [0.15, 0.2) is 0 Å². The molecule has 2 amide bonds. The van der Waals surface area contributed by atoms with Crippen molar-refractivity contribution in [3.05, 3.63) is 70.6 Å². The van der Waals surface area contributed by atoms with Crippen molar-refractivity contribution in [3.8, 4) is 5.75 Å². The lowest BCUT2D eigenvalue weighted by molar-refractivity contribution is -0.122. The smallest absolute Gasteiger partial charge is 0.293 e. The second kappa shape index (κ2) is 8.72. The SMILES string of the molecule is CCCCN1C(=O)S/C(=C\c2ccc(OCc3ccccc3)cc2)C1=O. The van der Waals surface area contributed by atoms with E-state index >= 15 is 0 Å². The highest BCUT2D eigenvalue weighted by atomic mass is 32.2. The molecule has 5 heteroatoms. The zero-order valence-corrected chi connectivity index (χ0v) is 15.5. The monoisotopic (exact) mass is 367 g/mol. The fourth-order valence-electron chi connectivity index (χ4n) is 2.56. The summed E-state index contributed by atoms with van der Waals surface area (Å²) in [6, 6.07) is 17.5. The Bertz CT molecular complexity index is 800. The number of ether oxygens (including phenoxy) is 1. The molecule has 1 heterocycles. The number of hydrogen-bond acceptors (Lipinski definition) is 4. The van der Waals surface area contributed by atoms with Gasteiger partial charge in [-0.2, -0.15) is 0 Å². The van der Waals surface area contributed by atoms with E-state index < -0.39 is 0 Å². The molecule has 134 valence electrons. The van der Waals surface area contributed by atoms with Gasteiger partial charge in [0.1, 0.15) is 12.4 Å². The zero-order chi connectivity index (χ0) is 18.4. The first-order valence-electron chi connectivity index (χ1n) is 8.69. The Morgan fingerprint density at radius 3 is 2.46 bits per heavy atom. The molecule has 0 aromatic heterocycles. The molecule has 1 saturated heterocycles. The average molecular weight is 367 g/mol. The van der Waals surface area contributed by atoms with E-state index in [4.69, 9.17) is 4.74 Å². The molecule has 1 fully saturated rings. The van der Waals surface area contributed by atoms with E-state index in [1.165, 1.54) is 4.90 Å². The number of carbonyl (C=O) groups excluding carboxylic acids is 2. The van der Waals surface area contributed by atoms with Crippen LogP contribution in [0.25, 0.3) is 6.08 Å². The van der Waals surface area contributed by atoms with Crippen molar-refractivity contribution < 1.29 is 14.3 Å². The Balaban J connectivity index is 1.62. The molecule has 1 aliphatic heterocycles. The van der Waals surface area contributed by atoms with Crippen molar-refractivity contribution in [2.75, 3.05) is 6.54 Å². The predicted octanol–water partition coefficient (Wildman–Crippen LogP) is 5.10. The summed E-state index contributed by atoms with van der Waals surface area (Å²) in [5.74, 6) is 0.569. The minimum absolute atomic E-state index is 0.183.